The highest BCUT2D eigenvalue weighted by molar-refractivity contribution is 6.36. The Morgan fingerprint density at radius 2 is 1.92 bits per heavy atom. The van der Waals surface area contributed by atoms with E-state index in [0.29, 0.717) is 15.7 Å². The van der Waals surface area contributed by atoms with Gasteiger partial charge in [-0.2, -0.15) is 0 Å². The summed E-state index contributed by atoms with van der Waals surface area (Å²) in [6.07, 6.45) is 2.94. The Hall–Kier alpha value is -1.66. The van der Waals surface area contributed by atoms with Crippen LogP contribution < -0.4 is 5.32 Å². The van der Waals surface area contributed by atoms with Gasteiger partial charge in [-0.05, 0) is 49.8 Å². The lowest BCUT2D eigenvalue weighted by molar-refractivity contribution is 0.281. The molecular formula is C19H19Cl2FN4. The van der Waals surface area contributed by atoms with Crippen LogP contribution in [0.2, 0.25) is 10.0 Å². The van der Waals surface area contributed by atoms with Crippen molar-refractivity contribution in [2.75, 3.05) is 26.2 Å². The largest absolute Gasteiger partial charge is 0.315 e. The lowest BCUT2D eigenvalue weighted by Crippen LogP contribution is -2.28. The summed E-state index contributed by atoms with van der Waals surface area (Å²) in [5, 5.41) is 4.48. The van der Waals surface area contributed by atoms with Crippen molar-refractivity contribution in [3.63, 3.8) is 0 Å². The zero-order valence-electron chi connectivity index (χ0n) is 14.2. The molecule has 1 N–H and O–H groups in total. The molecule has 3 heterocycles. The number of nitrogens with one attached hydrogen (secondary N) is 1. The number of aromatic nitrogens is 2. The molecule has 1 aromatic carbocycles. The van der Waals surface area contributed by atoms with E-state index in [0.717, 1.165) is 56.1 Å². The van der Waals surface area contributed by atoms with Crippen LogP contribution in [0.1, 0.15) is 12.1 Å². The molecule has 4 nitrogen and oxygen atoms in total. The molecule has 4 rings (SSSR count). The standard InChI is InChI=1S/C19H19Cl2FN4/c20-14-10-16(21)19-24-18(13-2-4-15(22)5-3-13)17(26(19)11-14)12-25-8-1-6-23-7-9-25/h2-5,10-11,23H,1,6-9,12H2. The van der Waals surface area contributed by atoms with E-state index in [1.54, 1.807) is 18.2 Å². The van der Waals surface area contributed by atoms with Crippen molar-refractivity contribution in [1.29, 1.82) is 0 Å². The zero-order chi connectivity index (χ0) is 18.1. The second-order valence-corrected chi connectivity index (χ2v) is 7.34. The molecule has 1 saturated heterocycles. The number of rotatable bonds is 3. The molecule has 0 unspecified atom stereocenters. The first-order chi connectivity index (χ1) is 12.6. The van der Waals surface area contributed by atoms with Crippen molar-refractivity contribution >= 4 is 28.8 Å². The average molecular weight is 393 g/mol. The fourth-order valence-corrected chi connectivity index (χ4v) is 3.89. The first-order valence-corrected chi connectivity index (χ1v) is 9.42. The topological polar surface area (TPSA) is 32.6 Å². The quantitative estimate of drug-likeness (QED) is 0.723. The van der Waals surface area contributed by atoms with Crippen molar-refractivity contribution in [2.45, 2.75) is 13.0 Å². The summed E-state index contributed by atoms with van der Waals surface area (Å²) in [6.45, 7) is 4.70. The van der Waals surface area contributed by atoms with Crippen LogP contribution in [0.5, 0.6) is 0 Å². The van der Waals surface area contributed by atoms with E-state index < -0.39 is 0 Å². The Kier molecular flexibility index (Phi) is 5.14. The predicted molar refractivity (Wildman–Crippen MR) is 103 cm³/mol. The molecule has 26 heavy (non-hydrogen) atoms. The summed E-state index contributed by atoms with van der Waals surface area (Å²) in [4.78, 5) is 7.14. The van der Waals surface area contributed by atoms with Crippen LogP contribution >= 0.6 is 23.2 Å². The Balaban J connectivity index is 1.83. The Labute approximate surface area is 161 Å². The van der Waals surface area contributed by atoms with E-state index >= 15 is 0 Å². The zero-order valence-corrected chi connectivity index (χ0v) is 15.7. The first-order valence-electron chi connectivity index (χ1n) is 8.67. The van der Waals surface area contributed by atoms with Crippen LogP contribution in [-0.4, -0.2) is 40.5 Å². The SMILES string of the molecule is Fc1ccc(-c2nc3c(Cl)cc(Cl)cn3c2CN2CCCNCC2)cc1. The van der Waals surface area contributed by atoms with Crippen molar-refractivity contribution < 1.29 is 4.39 Å². The van der Waals surface area contributed by atoms with Gasteiger partial charge in [-0.25, -0.2) is 9.37 Å². The lowest BCUT2D eigenvalue weighted by atomic mass is 10.1. The summed E-state index contributed by atoms with van der Waals surface area (Å²) in [7, 11) is 0. The van der Waals surface area contributed by atoms with Crippen LogP contribution in [0.25, 0.3) is 16.9 Å². The highest BCUT2D eigenvalue weighted by atomic mass is 35.5. The summed E-state index contributed by atoms with van der Waals surface area (Å²) in [6, 6.07) is 8.10. The Morgan fingerprint density at radius 1 is 1.12 bits per heavy atom. The molecule has 1 aliphatic heterocycles. The molecule has 0 spiro atoms. The lowest BCUT2D eigenvalue weighted by Gasteiger charge is -2.20. The van der Waals surface area contributed by atoms with Gasteiger partial charge < -0.3 is 5.32 Å². The Morgan fingerprint density at radius 3 is 2.73 bits per heavy atom. The van der Waals surface area contributed by atoms with Gasteiger partial charge in [-0.15, -0.1) is 0 Å². The van der Waals surface area contributed by atoms with E-state index in [4.69, 9.17) is 28.2 Å². The van der Waals surface area contributed by atoms with Gasteiger partial charge in [-0.3, -0.25) is 9.30 Å². The molecule has 0 atom stereocenters. The van der Waals surface area contributed by atoms with Crippen molar-refractivity contribution in [1.82, 2.24) is 19.6 Å². The molecular weight excluding hydrogens is 374 g/mol. The summed E-state index contributed by atoms with van der Waals surface area (Å²) in [5.74, 6) is -0.265. The maximum Gasteiger partial charge on any atom is 0.156 e. The number of hydrogen-bond donors (Lipinski definition) is 1. The van der Waals surface area contributed by atoms with Gasteiger partial charge in [0.1, 0.15) is 5.82 Å². The van der Waals surface area contributed by atoms with Crippen LogP contribution in [0.3, 0.4) is 0 Å². The molecule has 0 radical (unpaired) electrons. The molecule has 1 fully saturated rings. The first kappa shape index (κ1) is 17.7. The van der Waals surface area contributed by atoms with Gasteiger partial charge in [-0.1, -0.05) is 23.2 Å². The number of imidazole rings is 1. The minimum absolute atomic E-state index is 0.265. The second-order valence-electron chi connectivity index (χ2n) is 6.49. The fraction of sp³-hybridized carbons (Fsp3) is 0.316. The molecule has 0 aliphatic carbocycles. The number of benzene rings is 1. The van der Waals surface area contributed by atoms with Gasteiger partial charge in [0.05, 0.1) is 21.4 Å². The van der Waals surface area contributed by atoms with Crippen LogP contribution in [0, 0.1) is 5.82 Å². The molecule has 1 aliphatic rings. The molecule has 7 heteroatoms. The number of halogens is 3. The molecule has 0 saturated carbocycles. The maximum atomic E-state index is 13.4. The van der Waals surface area contributed by atoms with Gasteiger partial charge in [0.2, 0.25) is 0 Å². The van der Waals surface area contributed by atoms with Crippen LogP contribution in [-0.2, 0) is 6.54 Å². The third kappa shape index (κ3) is 3.58. The number of fused-ring (bicyclic) bond motifs is 1. The maximum absolute atomic E-state index is 13.4. The van der Waals surface area contributed by atoms with Crippen LogP contribution in [0.15, 0.2) is 36.5 Å². The average Bonchev–Trinajstić information content (AvgIpc) is 2.79. The van der Waals surface area contributed by atoms with E-state index in [1.807, 2.05) is 10.6 Å². The van der Waals surface area contributed by atoms with Gasteiger partial charge in [0.25, 0.3) is 0 Å². The number of nitrogens with zero attached hydrogens (tertiary/aromatic N) is 3. The third-order valence-corrected chi connectivity index (χ3v) is 5.15. The van der Waals surface area contributed by atoms with Gasteiger partial charge >= 0.3 is 0 Å². The molecule has 2 aromatic heterocycles. The van der Waals surface area contributed by atoms with E-state index in [1.165, 1.54) is 12.1 Å². The van der Waals surface area contributed by atoms with E-state index in [9.17, 15) is 4.39 Å². The minimum atomic E-state index is -0.265. The highest BCUT2D eigenvalue weighted by Crippen LogP contribution is 2.30. The molecule has 136 valence electrons. The highest BCUT2D eigenvalue weighted by Gasteiger charge is 2.20. The van der Waals surface area contributed by atoms with Crippen LogP contribution in [0.4, 0.5) is 4.39 Å². The number of hydrogen-bond acceptors (Lipinski definition) is 3. The van der Waals surface area contributed by atoms with E-state index in [2.05, 4.69) is 10.2 Å². The summed E-state index contributed by atoms with van der Waals surface area (Å²) in [5.41, 5.74) is 3.35. The fourth-order valence-electron chi connectivity index (χ4n) is 3.38. The van der Waals surface area contributed by atoms with Gasteiger partial charge in [0, 0.05) is 31.4 Å². The summed E-state index contributed by atoms with van der Waals surface area (Å²) >= 11 is 12.6. The normalized spacial score (nSPS) is 16.1. The predicted octanol–water partition coefficient (Wildman–Crippen LogP) is 4.24. The van der Waals surface area contributed by atoms with Gasteiger partial charge in [0.15, 0.2) is 5.65 Å². The minimum Gasteiger partial charge on any atom is -0.315 e. The van der Waals surface area contributed by atoms with E-state index in [-0.39, 0.29) is 5.82 Å². The smallest absolute Gasteiger partial charge is 0.156 e. The molecule has 0 amide bonds. The Bertz CT molecular complexity index is 915. The molecule has 3 aromatic rings. The van der Waals surface area contributed by atoms with Crippen molar-refractivity contribution in [3.8, 4) is 11.3 Å². The summed E-state index contributed by atoms with van der Waals surface area (Å²) < 4.78 is 15.3. The molecule has 0 bridgehead atoms. The monoisotopic (exact) mass is 392 g/mol. The third-order valence-electron chi connectivity index (χ3n) is 4.66. The number of pyridine rings is 1. The second kappa shape index (κ2) is 7.53. The van der Waals surface area contributed by atoms with Crippen molar-refractivity contribution in [2.24, 2.45) is 0 Å². The van der Waals surface area contributed by atoms with Crippen molar-refractivity contribution in [3.05, 3.63) is 58.1 Å².